The van der Waals surface area contributed by atoms with Gasteiger partial charge >= 0.3 is 0 Å². The van der Waals surface area contributed by atoms with Gasteiger partial charge in [0.2, 0.25) is 0 Å². The summed E-state index contributed by atoms with van der Waals surface area (Å²) in [6, 6.07) is 7.96. The third kappa shape index (κ3) is 2.57. The first-order chi connectivity index (χ1) is 7.16. The van der Waals surface area contributed by atoms with Gasteiger partial charge in [0, 0.05) is 10.0 Å². The maximum Gasteiger partial charge on any atom is 0.121 e. The molecule has 1 aromatic rings. The van der Waals surface area contributed by atoms with Crippen LogP contribution in [-0.2, 0) is 0 Å². The molecule has 4 heteroatoms. The Bertz CT molecular complexity index is 423. The van der Waals surface area contributed by atoms with Crippen LogP contribution in [0.25, 0.3) is 5.57 Å². The fourth-order valence-corrected chi connectivity index (χ4v) is 2.14. The molecule has 78 valence electrons. The van der Waals surface area contributed by atoms with Crippen LogP contribution < -0.4 is 5.32 Å². The van der Waals surface area contributed by atoms with Crippen LogP contribution in [0.4, 0.5) is 0 Å². The molecule has 2 rings (SSSR count). The number of hydrogen-bond donors (Lipinski definition) is 1. The van der Waals surface area contributed by atoms with E-state index in [0.29, 0.717) is 5.16 Å². The van der Waals surface area contributed by atoms with Crippen molar-refractivity contribution in [1.82, 2.24) is 5.32 Å². The highest BCUT2D eigenvalue weighted by Gasteiger charge is 2.12. The van der Waals surface area contributed by atoms with Crippen molar-refractivity contribution in [2.24, 2.45) is 0 Å². The Balaban J connectivity index is 2.36. The first kappa shape index (κ1) is 11.1. The molecule has 1 unspecified atom stereocenters. The van der Waals surface area contributed by atoms with E-state index in [0.717, 1.165) is 15.6 Å². The summed E-state index contributed by atoms with van der Waals surface area (Å²) in [5.74, 6) is 0. The third-order valence-corrected chi connectivity index (χ3v) is 3.18. The minimum Gasteiger partial charge on any atom is -0.356 e. The zero-order valence-electron chi connectivity index (χ0n) is 7.68. The van der Waals surface area contributed by atoms with E-state index >= 15 is 0 Å². The lowest BCUT2D eigenvalue weighted by Gasteiger charge is -2.17. The van der Waals surface area contributed by atoms with Crippen molar-refractivity contribution in [2.75, 3.05) is 0 Å². The first-order valence-corrected chi connectivity index (χ1v) is 6.02. The second-order valence-corrected chi connectivity index (χ2v) is 4.90. The SMILES string of the molecule is ClC1=C(c2ccc(Br)cc2)C=CC(Cl)N1. The van der Waals surface area contributed by atoms with Gasteiger partial charge in [-0.3, -0.25) is 0 Å². The number of hydrogen-bond acceptors (Lipinski definition) is 1. The topological polar surface area (TPSA) is 12.0 Å². The maximum absolute atomic E-state index is 6.07. The van der Waals surface area contributed by atoms with E-state index in [1.54, 1.807) is 0 Å². The highest BCUT2D eigenvalue weighted by Crippen LogP contribution is 2.26. The Hall–Kier alpha value is -0.440. The molecule has 1 aliphatic heterocycles. The lowest BCUT2D eigenvalue weighted by molar-refractivity contribution is 0.887. The second kappa shape index (κ2) is 4.60. The molecule has 0 bridgehead atoms. The monoisotopic (exact) mass is 303 g/mol. The number of rotatable bonds is 1. The summed E-state index contributed by atoms with van der Waals surface area (Å²) >= 11 is 15.3. The Labute approximate surface area is 107 Å². The average molecular weight is 305 g/mol. The molecule has 1 aromatic carbocycles. The van der Waals surface area contributed by atoms with Gasteiger partial charge in [0.25, 0.3) is 0 Å². The molecule has 0 amide bonds. The predicted molar refractivity (Wildman–Crippen MR) is 68.8 cm³/mol. The molecule has 1 heterocycles. The van der Waals surface area contributed by atoms with Crippen LogP contribution in [-0.4, -0.2) is 5.50 Å². The fourth-order valence-electron chi connectivity index (χ4n) is 1.35. The summed E-state index contributed by atoms with van der Waals surface area (Å²) in [5.41, 5.74) is 1.80. The molecule has 1 atom stereocenters. The molecular formula is C11H8BrCl2N. The van der Waals surface area contributed by atoms with Crippen LogP contribution in [0.2, 0.25) is 0 Å². The molecule has 0 spiro atoms. The standard InChI is InChI=1S/C11H8BrCl2N/c12-8-3-1-7(2-4-8)9-5-6-10(13)15-11(9)14/h1-6,10,15H. The van der Waals surface area contributed by atoms with Crippen LogP contribution in [0.3, 0.4) is 0 Å². The maximum atomic E-state index is 6.07. The van der Waals surface area contributed by atoms with Crippen LogP contribution >= 0.6 is 39.1 Å². The fraction of sp³-hybridized carbons (Fsp3) is 0.0909. The molecule has 1 aliphatic rings. The van der Waals surface area contributed by atoms with Gasteiger partial charge in [0.1, 0.15) is 10.7 Å². The summed E-state index contributed by atoms with van der Waals surface area (Å²) in [4.78, 5) is 0. The van der Waals surface area contributed by atoms with E-state index in [1.807, 2.05) is 36.4 Å². The average Bonchev–Trinajstić information content (AvgIpc) is 2.20. The quantitative estimate of drug-likeness (QED) is 0.609. The minimum absolute atomic E-state index is 0.225. The van der Waals surface area contributed by atoms with Gasteiger partial charge in [-0.2, -0.15) is 0 Å². The van der Waals surface area contributed by atoms with Gasteiger partial charge in [-0.25, -0.2) is 0 Å². The van der Waals surface area contributed by atoms with Gasteiger partial charge in [-0.15, -0.1) is 0 Å². The van der Waals surface area contributed by atoms with Gasteiger partial charge in [0.05, 0.1) is 0 Å². The van der Waals surface area contributed by atoms with Crippen molar-refractivity contribution >= 4 is 44.7 Å². The Kier molecular flexibility index (Phi) is 3.39. The van der Waals surface area contributed by atoms with Crippen LogP contribution in [0.15, 0.2) is 46.0 Å². The van der Waals surface area contributed by atoms with E-state index in [1.165, 1.54) is 0 Å². The Morgan fingerprint density at radius 1 is 1.20 bits per heavy atom. The zero-order valence-corrected chi connectivity index (χ0v) is 10.8. The number of dihydropyridines is 1. The molecule has 0 aliphatic carbocycles. The summed E-state index contributed by atoms with van der Waals surface area (Å²) < 4.78 is 1.05. The first-order valence-electron chi connectivity index (χ1n) is 4.41. The summed E-state index contributed by atoms with van der Waals surface area (Å²) in [6.45, 7) is 0. The van der Waals surface area contributed by atoms with Crippen LogP contribution in [0.1, 0.15) is 5.56 Å². The second-order valence-electron chi connectivity index (χ2n) is 3.14. The van der Waals surface area contributed by atoms with Crippen molar-refractivity contribution in [2.45, 2.75) is 5.50 Å². The third-order valence-electron chi connectivity index (χ3n) is 2.09. The van der Waals surface area contributed by atoms with E-state index in [-0.39, 0.29) is 5.50 Å². The summed E-state index contributed by atoms with van der Waals surface area (Å²) in [6.07, 6.45) is 3.80. The largest absolute Gasteiger partial charge is 0.356 e. The van der Waals surface area contributed by atoms with Crippen molar-refractivity contribution in [3.8, 4) is 0 Å². The molecule has 0 saturated heterocycles. The minimum atomic E-state index is -0.225. The molecule has 15 heavy (non-hydrogen) atoms. The van der Waals surface area contributed by atoms with Gasteiger partial charge in [-0.1, -0.05) is 57.3 Å². The zero-order chi connectivity index (χ0) is 10.8. The van der Waals surface area contributed by atoms with E-state index < -0.39 is 0 Å². The van der Waals surface area contributed by atoms with Crippen LogP contribution in [0, 0.1) is 0 Å². The van der Waals surface area contributed by atoms with Crippen LogP contribution in [0.5, 0.6) is 0 Å². The molecule has 1 N–H and O–H groups in total. The summed E-state index contributed by atoms with van der Waals surface area (Å²) in [7, 11) is 0. The van der Waals surface area contributed by atoms with E-state index in [2.05, 4.69) is 21.2 Å². The summed E-state index contributed by atoms with van der Waals surface area (Å²) in [5, 5.41) is 3.54. The van der Waals surface area contributed by atoms with Crippen molar-refractivity contribution in [3.05, 3.63) is 51.6 Å². The van der Waals surface area contributed by atoms with E-state index in [9.17, 15) is 0 Å². The van der Waals surface area contributed by atoms with Gasteiger partial charge in [-0.05, 0) is 23.8 Å². The molecular weight excluding hydrogens is 297 g/mol. The van der Waals surface area contributed by atoms with E-state index in [4.69, 9.17) is 23.2 Å². The number of allylic oxidation sites excluding steroid dienone is 2. The predicted octanol–water partition coefficient (Wildman–Crippen LogP) is 4.08. The van der Waals surface area contributed by atoms with Gasteiger partial charge in [0.15, 0.2) is 0 Å². The van der Waals surface area contributed by atoms with Crippen molar-refractivity contribution in [3.63, 3.8) is 0 Å². The Morgan fingerprint density at radius 3 is 2.47 bits per heavy atom. The molecule has 0 radical (unpaired) electrons. The molecule has 0 saturated carbocycles. The number of alkyl halides is 1. The Morgan fingerprint density at radius 2 is 1.87 bits per heavy atom. The van der Waals surface area contributed by atoms with Crippen molar-refractivity contribution < 1.29 is 0 Å². The smallest absolute Gasteiger partial charge is 0.121 e. The van der Waals surface area contributed by atoms with Crippen molar-refractivity contribution in [1.29, 1.82) is 0 Å². The highest BCUT2D eigenvalue weighted by molar-refractivity contribution is 9.10. The molecule has 0 fully saturated rings. The van der Waals surface area contributed by atoms with Gasteiger partial charge < -0.3 is 5.32 Å². The molecule has 1 nitrogen and oxygen atoms in total. The highest BCUT2D eigenvalue weighted by atomic mass is 79.9. The number of halogens is 3. The lowest BCUT2D eigenvalue weighted by atomic mass is 10.1. The number of benzene rings is 1. The normalized spacial score (nSPS) is 20.3. The molecule has 0 aromatic heterocycles. The number of nitrogens with one attached hydrogen (secondary N) is 1. The lowest BCUT2D eigenvalue weighted by Crippen LogP contribution is -2.22.